The van der Waals surface area contributed by atoms with E-state index in [9.17, 15) is 9.59 Å². The minimum absolute atomic E-state index is 0.0971. The molecule has 94 valence electrons. The zero-order valence-electron chi connectivity index (χ0n) is 9.68. The fourth-order valence-corrected chi connectivity index (χ4v) is 1.49. The van der Waals surface area contributed by atoms with Crippen LogP contribution < -0.4 is 5.32 Å². The maximum Gasteiger partial charge on any atom is 0.408 e. The lowest BCUT2D eigenvalue weighted by Gasteiger charge is -2.19. The van der Waals surface area contributed by atoms with E-state index in [1.54, 1.807) is 20.8 Å². The van der Waals surface area contributed by atoms with Crippen LogP contribution >= 0.6 is 11.3 Å². The Labute approximate surface area is 102 Å². The van der Waals surface area contributed by atoms with Crippen molar-refractivity contribution in [3.63, 3.8) is 0 Å². The van der Waals surface area contributed by atoms with Crippen molar-refractivity contribution in [1.29, 1.82) is 0 Å². The van der Waals surface area contributed by atoms with Gasteiger partial charge in [0.2, 0.25) is 5.01 Å². The molecule has 0 aliphatic heterocycles. The number of hydrogen-bond donors (Lipinski definition) is 2. The van der Waals surface area contributed by atoms with Crippen LogP contribution in [0.1, 0.15) is 35.6 Å². The number of rotatable bonds is 3. The first-order valence-electron chi connectivity index (χ1n) is 4.80. The molecule has 1 aromatic heterocycles. The number of hydrogen-bond acceptors (Lipinski definition) is 6. The lowest BCUT2D eigenvalue weighted by atomic mass is 10.2. The van der Waals surface area contributed by atoms with Gasteiger partial charge in [0.05, 0.1) is 6.54 Å². The Bertz CT molecular complexity index is 424. The van der Waals surface area contributed by atoms with E-state index < -0.39 is 17.7 Å². The summed E-state index contributed by atoms with van der Waals surface area (Å²) in [5.74, 6) is -1.13. The van der Waals surface area contributed by atoms with Gasteiger partial charge in [-0.2, -0.15) is 0 Å². The molecule has 0 spiro atoms. The third-order valence-electron chi connectivity index (χ3n) is 1.43. The van der Waals surface area contributed by atoms with Gasteiger partial charge in [-0.25, -0.2) is 9.59 Å². The molecule has 0 fully saturated rings. The van der Waals surface area contributed by atoms with Crippen molar-refractivity contribution >= 4 is 23.4 Å². The number of nitrogens with zero attached hydrogens (tertiary/aromatic N) is 2. The van der Waals surface area contributed by atoms with Crippen LogP contribution in [0.2, 0.25) is 0 Å². The molecule has 0 bridgehead atoms. The number of aromatic carboxylic acids is 1. The quantitative estimate of drug-likeness (QED) is 0.847. The smallest absolute Gasteiger partial charge is 0.408 e. The number of carboxylic acids is 1. The zero-order valence-corrected chi connectivity index (χ0v) is 10.5. The van der Waals surface area contributed by atoms with Gasteiger partial charge < -0.3 is 15.2 Å². The number of amides is 1. The van der Waals surface area contributed by atoms with Crippen molar-refractivity contribution in [3.05, 3.63) is 10.0 Å². The number of carboxylic acid groups (broad SMARTS) is 1. The van der Waals surface area contributed by atoms with Crippen molar-refractivity contribution < 1.29 is 19.4 Å². The molecule has 1 aromatic rings. The predicted molar refractivity (Wildman–Crippen MR) is 59.9 cm³/mol. The monoisotopic (exact) mass is 259 g/mol. The van der Waals surface area contributed by atoms with E-state index in [0.717, 1.165) is 11.3 Å². The van der Waals surface area contributed by atoms with Crippen LogP contribution in [0.15, 0.2) is 0 Å². The maximum absolute atomic E-state index is 11.3. The molecule has 0 radical (unpaired) electrons. The molecule has 7 nitrogen and oxygen atoms in total. The largest absolute Gasteiger partial charge is 0.476 e. The second-order valence-electron chi connectivity index (χ2n) is 4.16. The van der Waals surface area contributed by atoms with E-state index in [1.165, 1.54) is 0 Å². The highest BCUT2D eigenvalue weighted by molar-refractivity contribution is 7.13. The first kappa shape index (κ1) is 13.4. The molecule has 0 saturated heterocycles. The van der Waals surface area contributed by atoms with Crippen LogP contribution in [0.4, 0.5) is 4.79 Å². The summed E-state index contributed by atoms with van der Waals surface area (Å²) in [6.07, 6.45) is -0.579. The molecule has 1 rings (SSSR count). The summed E-state index contributed by atoms with van der Waals surface area (Å²) in [5, 5.41) is 18.5. The Hall–Kier alpha value is -1.70. The van der Waals surface area contributed by atoms with Gasteiger partial charge in [-0.05, 0) is 20.8 Å². The average molecular weight is 259 g/mol. The van der Waals surface area contributed by atoms with E-state index in [2.05, 4.69) is 15.5 Å². The van der Waals surface area contributed by atoms with E-state index >= 15 is 0 Å². The molecule has 2 N–H and O–H groups in total. The Morgan fingerprint density at radius 1 is 1.41 bits per heavy atom. The summed E-state index contributed by atoms with van der Waals surface area (Å²) in [7, 11) is 0. The van der Waals surface area contributed by atoms with Crippen molar-refractivity contribution in [2.75, 3.05) is 0 Å². The van der Waals surface area contributed by atoms with Gasteiger partial charge in [0.15, 0.2) is 0 Å². The van der Waals surface area contributed by atoms with Gasteiger partial charge in [-0.15, -0.1) is 10.2 Å². The van der Waals surface area contributed by atoms with Gasteiger partial charge in [0.25, 0.3) is 0 Å². The molecular formula is C9H13N3O4S. The lowest BCUT2D eigenvalue weighted by Crippen LogP contribution is -2.32. The SMILES string of the molecule is CC(C)(C)OC(=O)NCc1nnc(C(=O)O)s1. The standard InChI is InChI=1S/C9H13N3O4S/c1-9(2,3)16-8(15)10-4-5-11-12-6(17-5)7(13)14/h4H2,1-3H3,(H,10,15)(H,13,14). The summed E-state index contributed by atoms with van der Waals surface area (Å²) in [6, 6.07) is 0. The number of carbonyl (C=O) groups excluding carboxylic acids is 1. The van der Waals surface area contributed by atoms with Gasteiger partial charge in [0, 0.05) is 0 Å². The lowest BCUT2D eigenvalue weighted by molar-refractivity contribution is 0.0522. The molecule has 8 heteroatoms. The van der Waals surface area contributed by atoms with Crippen molar-refractivity contribution in [2.24, 2.45) is 0 Å². The van der Waals surface area contributed by atoms with E-state index in [0.29, 0.717) is 5.01 Å². The molecule has 0 unspecified atom stereocenters. The fraction of sp³-hybridized carbons (Fsp3) is 0.556. The molecular weight excluding hydrogens is 246 g/mol. The summed E-state index contributed by atoms with van der Waals surface area (Å²) in [4.78, 5) is 21.8. The Kier molecular flexibility index (Phi) is 4.00. The minimum Gasteiger partial charge on any atom is -0.476 e. The van der Waals surface area contributed by atoms with E-state index in [-0.39, 0.29) is 11.6 Å². The molecule has 0 aliphatic carbocycles. The molecule has 0 aromatic carbocycles. The van der Waals surface area contributed by atoms with Gasteiger partial charge >= 0.3 is 12.1 Å². The Morgan fingerprint density at radius 2 is 2.06 bits per heavy atom. The van der Waals surface area contributed by atoms with Crippen LogP contribution in [0.5, 0.6) is 0 Å². The average Bonchev–Trinajstić information content (AvgIpc) is 2.60. The van der Waals surface area contributed by atoms with Crippen LogP contribution in [0.3, 0.4) is 0 Å². The normalized spacial score (nSPS) is 11.0. The summed E-state index contributed by atoms with van der Waals surface area (Å²) in [6.45, 7) is 5.35. The predicted octanol–water partition coefficient (Wildman–Crippen LogP) is 1.26. The van der Waals surface area contributed by atoms with E-state index in [4.69, 9.17) is 9.84 Å². The zero-order chi connectivity index (χ0) is 13.1. The molecule has 17 heavy (non-hydrogen) atoms. The summed E-state index contributed by atoms with van der Waals surface area (Å²) < 4.78 is 5.00. The molecule has 1 heterocycles. The summed E-state index contributed by atoms with van der Waals surface area (Å²) in [5.41, 5.74) is -0.572. The van der Waals surface area contributed by atoms with Gasteiger partial charge in [-0.3, -0.25) is 0 Å². The minimum atomic E-state index is -1.13. The highest BCUT2D eigenvalue weighted by Gasteiger charge is 2.17. The number of ether oxygens (including phenoxy) is 1. The van der Waals surface area contributed by atoms with Crippen molar-refractivity contribution in [1.82, 2.24) is 15.5 Å². The van der Waals surface area contributed by atoms with Crippen molar-refractivity contribution in [3.8, 4) is 0 Å². The highest BCUT2D eigenvalue weighted by Crippen LogP contribution is 2.10. The Morgan fingerprint density at radius 3 is 2.53 bits per heavy atom. The molecule has 0 aliphatic rings. The number of aromatic nitrogens is 2. The number of carbonyl (C=O) groups is 2. The van der Waals surface area contributed by atoms with Crippen LogP contribution in [-0.2, 0) is 11.3 Å². The van der Waals surface area contributed by atoms with Crippen LogP contribution in [0, 0.1) is 0 Å². The second kappa shape index (κ2) is 5.09. The second-order valence-corrected chi connectivity index (χ2v) is 5.22. The summed E-state index contributed by atoms with van der Waals surface area (Å²) >= 11 is 0.909. The maximum atomic E-state index is 11.3. The first-order valence-corrected chi connectivity index (χ1v) is 5.62. The highest BCUT2D eigenvalue weighted by atomic mass is 32.1. The van der Waals surface area contributed by atoms with Crippen LogP contribution in [-0.4, -0.2) is 33.0 Å². The fourth-order valence-electron chi connectivity index (χ4n) is 0.873. The molecule has 0 atom stereocenters. The topological polar surface area (TPSA) is 101 Å². The van der Waals surface area contributed by atoms with Crippen LogP contribution in [0.25, 0.3) is 0 Å². The third kappa shape index (κ3) is 4.77. The van der Waals surface area contributed by atoms with Gasteiger partial charge in [-0.1, -0.05) is 11.3 Å². The Balaban J connectivity index is 2.45. The van der Waals surface area contributed by atoms with Gasteiger partial charge in [0.1, 0.15) is 10.6 Å². The van der Waals surface area contributed by atoms with E-state index in [1.807, 2.05) is 0 Å². The van der Waals surface area contributed by atoms with Crippen molar-refractivity contribution in [2.45, 2.75) is 32.9 Å². The first-order chi connectivity index (χ1) is 7.78. The number of nitrogens with one attached hydrogen (secondary N) is 1. The number of alkyl carbamates (subject to hydrolysis) is 1. The third-order valence-corrected chi connectivity index (χ3v) is 2.34. The molecule has 0 saturated carbocycles. The molecule has 1 amide bonds.